The van der Waals surface area contributed by atoms with Gasteiger partial charge in [-0.05, 0) is 41.0 Å². The fourth-order valence-corrected chi connectivity index (χ4v) is 3.96. The van der Waals surface area contributed by atoms with Gasteiger partial charge in [-0.3, -0.25) is 0 Å². The van der Waals surface area contributed by atoms with E-state index in [1.165, 1.54) is 28.8 Å². The van der Waals surface area contributed by atoms with E-state index in [1.54, 1.807) is 0 Å². The summed E-state index contributed by atoms with van der Waals surface area (Å²) in [5.74, 6) is 1.79. The van der Waals surface area contributed by atoms with Crippen molar-refractivity contribution in [1.82, 2.24) is 0 Å². The van der Waals surface area contributed by atoms with E-state index in [0.717, 1.165) is 0 Å². The van der Waals surface area contributed by atoms with E-state index in [4.69, 9.17) is 0 Å². The molecule has 2 aromatic rings. The average Bonchev–Trinajstić information content (AvgIpc) is 3.04. The third kappa shape index (κ3) is 2.16. The molecule has 2 aliphatic rings. The number of allylic oxidation sites excluding steroid dienone is 2. The van der Waals surface area contributed by atoms with Crippen LogP contribution in [0.2, 0.25) is 0 Å². The highest BCUT2D eigenvalue weighted by Gasteiger charge is 2.37. The normalized spacial score (nSPS) is 25.7. The maximum atomic E-state index is 3.79. The summed E-state index contributed by atoms with van der Waals surface area (Å²) in [6, 6.07) is 18.4. The molecule has 1 heteroatoms. The molecule has 0 saturated carbocycles. The van der Waals surface area contributed by atoms with Crippen LogP contribution in [0.1, 0.15) is 54.8 Å². The largest absolute Gasteiger partial charge is 0.378 e. The predicted molar refractivity (Wildman–Crippen MR) is 93.3 cm³/mol. The lowest BCUT2D eigenvalue weighted by atomic mass is 9.77. The topological polar surface area (TPSA) is 12.0 Å². The number of anilines is 1. The molecule has 0 radical (unpaired) electrons. The molecule has 1 N–H and O–H groups in total. The van der Waals surface area contributed by atoms with Crippen LogP contribution in [0.5, 0.6) is 0 Å². The summed E-state index contributed by atoms with van der Waals surface area (Å²) in [5.41, 5.74) is 5.59. The van der Waals surface area contributed by atoms with Gasteiger partial charge in [-0.25, -0.2) is 0 Å². The molecule has 1 aliphatic heterocycles. The molecular formula is C21H23N. The van der Waals surface area contributed by atoms with Crippen LogP contribution in [0, 0.1) is 5.92 Å². The van der Waals surface area contributed by atoms with Crippen LogP contribution in [0.15, 0.2) is 60.7 Å². The van der Waals surface area contributed by atoms with E-state index in [0.29, 0.717) is 23.8 Å². The Morgan fingerprint density at radius 1 is 1.00 bits per heavy atom. The summed E-state index contributed by atoms with van der Waals surface area (Å²) in [5, 5.41) is 3.79. The third-order valence-corrected chi connectivity index (χ3v) is 5.23. The SMILES string of the molecule is CC(C)c1ccc([C@@H]2Nc3ccccc3[C@@H]3C=CC[C@@H]32)cc1. The van der Waals surface area contributed by atoms with E-state index in [-0.39, 0.29) is 0 Å². The van der Waals surface area contributed by atoms with Crippen LogP contribution in [-0.2, 0) is 0 Å². The van der Waals surface area contributed by atoms with Crippen molar-refractivity contribution in [3.8, 4) is 0 Å². The molecule has 1 aliphatic carbocycles. The van der Waals surface area contributed by atoms with Gasteiger partial charge < -0.3 is 5.32 Å². The van der Waals surface area contributed by atoms with E-state index >= 15 is 0 Å². The minimum atomic E-state index is 0.413. The van der Waals surface area contributed by atoms with Gasteiger partial charge in [0, 0.05) is 11.6 Å². The Balaban J connectivity index is 1.71. The minimum absolute atomic E-state index is 0.413. The standard InChI is InChI=1S/C21H23N/c1-14(2)15-10-12-16(13-11-15)21-19-8-5-7-17(19)18-6-3-4-9-20(18)22-21/h3-7,9-14,17,19,21-22H,8H2,1-2H3/t17-,19-,21-/m0/s1. The molecule has 2 aromatic carbocycles. The Morgan fingerprint density at radius 3 is 2.55 bits per heavy atom. The van der Waals surface area contributed by atoms with Crippen molar-refractivity contribution in [3.05, 3.63) is 77.4 Å². The Bertz CT molecular complexity index is 696. The maximum absolute atomic E-state index is 3.79. The fourth-order valence-electron chi connectivity index (χ4n) is 3.96. The highest BCUT2D eigenvalue weighted by molar-refractivity contribution is 5.59. The molecule has 3 atom stereocenters. The van der Waals surface area contributed by atoms with Crippen molar-refractivity contribution in [1.29, 1.82) is 0 Å². The average molecular weight is 289 g/mol. The lowest BCUT2D eigenvalue weighted by Gasteiger charge is -2.37. The summed E-state index contributed by atoms with van der Waals surface area (Å²) in [6.45, 7) is 4.50. The first kappa shape index (κ1) is 13.6. The van der Waals surface area contributed by atoms with Crippen molar-refractivity contribution in [2.75, 3.05) is 5.32 Å². The summed E-state index contributed by atoms with van der Waals surface area (Å²) in [4.78, 5) is 0. The Morgan fingerprint density at radius 2 is 1.77 bits per heavy atom. The molecule has 0 aromatic heterocycles. The van der Waals surface area contributed by atoms with Gasteiger partial charge in [-0.15, -0.1) is 0 Å². The molecule has 112 valence electrons. The second-order valence-electron chi connectivity index (χ2n) is 6.88. The van der Waals surface area contributed by atoms with Crippen LogP contribution < -0.4 is 5.32 Å². The maximum Gasteiger partial charge on any atom is 0.0553 e. The molecule has 4 rings (SSSR count). The molecule has 0 fully saturated rings. The van der Waals surface area contributed by atoms with Crippen LogP contribution in [0.25, 0.3) is 0 Å². The predicted octanol–water partition coefficient (Wildman–Crippen LogP) is 5.64. The second-order valence-corrected chi connectivity index (χ2v) is 6.88. The molecule has 1 heterocycles. The van der Waals surface area contributed by atoms with E-state index in [1.807, 2.05) is 0 Å². The van der Waals surface area contributed by atoms with Crippen LogP contribution in [0.3, 0.4) is 0 Å². The number of hydrogen-bond acceptors (Lipinski definition) is 1. The van der Waals surface area contributed by atoms with Crippen molar-refractivity contribution >= 4 is 5.69 Å². The summed E-state index contributed by atoms with van der Waals surface area (Å²) >= 11 is 0. The lowest BCUT2D eigenvalue weighted by molar-refractivity contribution is 0.425. The van der Waals surface area contributed by atoms with Gasteiger partial charge in [0.05, 0.1) is 6.04 Å². The monoisotopic (exact) mass is 289 g/mol. The molecule has 22 heavy (non-hydrogen) atoms. The first-order chi connectivity index (χ1) is 10.7. The molecule has 0 unspecified atom stereocenters. The number of nitrogens with one attached hydrogen (secondary N) is 1. The second kappa shape index (κ2) is 5.31. The van der Waals surface area contributed by atoms with Crippen molar-refractivity contribution in [2.45, 2.75) is 38.1 Å². The van der Waals surface area contributed by atoms with E-state index < -0.39 is 0 Å². The molecule has 0 bridgehead atoms. The van der Waals surface area contributed by atoms with Gasteiger partial charge in [0.25, 0.3) is 0 Å². The molecular weight excluding hydrogens is 266 g/mol. The van der Waals surface area contributed by atoms with E-state index in [2.05, 4.69) is 79.8 Å². The highest BCUT2D eigenvalue weighted by Crippen LogP contribution is 2.49. The number of para-hydroxylation sites is 1. The van der Waals surface area contributed by atoms with Gasteiger partial charge in [0.2, 0.25) is 0 Å². The zero-order chi connectivity index (χ0) is 15.1. The number of benzene rings is 2. The van der Waals surface area contributed by atoms with Gasteiger partial charge in [-0.1, -0.05) is 68.5 Å². The summed E-state index contributed by atoms with van der Waals surface area (Å²) in [6.07, 6.45) is 5.93. The molecule has 0 saturated heterocycles. The van der Waals surface area contributed by atoms with Crippen LogP contribution in [-0.4, -0.2) is 0 Å². The molecule has 0 amide bonds. The fraction of sp³-hybridized carbons (Fsp3) is 0.333. The van der Waals surface area contributed by atoms with Gasteiger partial charge in [0.1, 0.15) is 0 Å². The number of rotatable bonds is 2. The lowest BCUT2D eigenvalue weighted by Crippen LogP contribution is -2.28. The Hall–Kier alpha value is -2.02. The first-order valence-corrected chi connectivity index (χ1v) is 8.36. The quantitative estimate of drug-likeness (QED) is 0.706. The van der Waals surface area contributed by atoms with Gasteiger partial charge in [0.15, 0.2) is 0 Å². The van der Waals surface area contributed by atoms with Crippen molar-refractivity contribution in [3.63, 3.8) is 0 Å². The molecule has 1 nitrogen and oxygen atoms in total. The third-order valence-electron chi connectivity index (χ3n) is 5.23. The zero-order valence-corrected chi connectivity index (χ0v) is 13.3. The van der Waals surface area contributed by atoms with Crippen LogP contribution in [0.4, 0.5) is 5.69 Å². The van der Waals surface area contributed by atoms with E-state index in [9.17, 15) is 0 Å². The van der Waals surface area contributed by atoms with Crippen molar-refractivity contribution < 1.29 is 0 Å². The smallest absolute Gasteiger partial charge is 0.0553 e. The molecule has 0 spiro atoms. The zero-order valence-electron chi connectivity index (χ0n) is 13.3. The Labute approximate surface area is 133 Å². The minimum Gasteiger partial charge on any atom is -0.378 e. The van der Waals surface area contributed by atoms with Gasteiger partial charge in [-0.2, -0.15) is 0 Å². The number of fused-ring (bicyclic) bond motifs is 3. The number of hydrogen-bond donors (Lipinski definition) is 1. The highest BCUT2D eigenvalue weighted by atomic mass is 15.0. The Kier molecular flexibility index (Phi) is 3.29. The summed E-state index contributed by atoms with van der Waals surface area (Å²) < 4.78 is 0. The van der Waals surface area contributed by atoms with Gasteiger partial charge >= 0.3 is 0 Å². The van der Waals surface area contributed by atoms with Crippen molar-refractivity contribution in [2.24, 2.45) is 5.92 Å². The summed E-state index contributed by atoms with van der Waals surface area (Å²) in [7, 11) is 0. The first-order valence-electron chi connectivity index (χ1n) is 8.36. The van der Waals surface area contributed by atoms with Crippen LogP contribution >= 0.6 is 0 Å².